The molecule has 0 spiro atoms. The maximum Gasteiger partial charge on any atom is 0.336 e. The Morgan fingerprint density at radius 3 is 2.09 bits per heavy atom. The van der Waals surface area contributed by atoms with E-state index in [1.165, 1.54) is 18.5 Å². The summed E-state index contributed by atoms with van der Waals surface area (Å²) in [5.41, 5.74) is -0.616. The van der Waals surface area contributed by atoms with Crippen LogP contribution in [0.15, 0.2) is 48.5 Å². The van der Waals surface area contributed by atoms with Crippen LogP contribution in [0, 0.1) is 5.82 Å². The highest BCUT2D eigenvalue weighted by molar-refractivity contribution is 5.88. The van der Waals surface area contributed by atoms with Gasteiger partial charge in [0.25, 0.3) is 0 Å². The predicted octanol–water partition coefficient (Wildman–Crippen LogP) is 2.96. The number of rotatable bonds is 11. The van der Waals surface area contributed by atoms with Crippen molar-refractivity contribution in [1.82, 2.24) is 19.8 Å². The number of piperidine rings is 1. The minimum absolute atomic E-state index is 0.128. The van der Waals surface area contributed by atoms with Crippen LogP contribution in [0.5, 0.6) is 0 Å². The fraction of sp³-hybridized carbons (Fsp3) is 0.433. The third kappa shape index (κ3) is 8.36. The van der Waals surface area contributed by atoms with E-state index in [-0.39, 0.29) is 11.7 Å². The molecule has 43 heavy (non-hydrogen) atoms. The summed E-state index contributed by atoms with van der Waals surface area (Å²) in [5, 5.41) is 36.9. The molecule has 12 nitrogen and oxygen atoms in total. The Kier molecular flexibility index (Phi) is 11.0. The molecule has 1 aliphatic rings. The quantitative estimate of drug-likeness (QED) is 0.219. The largest absolute Gasteiger partial charge is 0.481 e. The summed E-state index contributed by atoms with van der Waals surface area (Å²) < 4.78 is 16.9. The molecule has 0 atom stereocenters. The number of benzene rings is 2. The number of halogens is 1. The van der Waals surface area contributed by atoms with Crippen LogP contribution in [-0.2, 0) is 37.8 Å². The number of imidazole rings is 1. The third-order valence-corrected chi connectivity index (χ3v) is 7.35. The number of hydrogen-bond donors (Lipinski definition) is 5. The smallest absolute Gasteiger partial charge is 0.336 e. The van der Waals surface area contributed by atoms with Crippen LogP contribution in [-0.4, -0.2) is 77.4 Å². The van der Waals surface area contributed by atoms with Gasteiger partial charge in [0, 0.05) is 32.1 Å². The molecule has 1 fully saturated rings. The average molecular weight is 601 g/mol. The Labute approximate surface area is 247 Å². The van der Waals surface area contributed by atoms with Gasteiger partial charge >= 0.3 is 17.9 Å². The molecule has 232 valence electrons. The summed E-state index contributed by atoms with van der Waals surface area (Å²) in [7, 11) is 0. The number of nitrogens with zero attached hydrogens (tertiary/aromatic N) is 3. The van der Waals surface area contributed by atoms with Crippen molar-refractivity contribution < 1.29 is 44.0 Å². The number of nitrogens with one attached hydrogen (secondary N) is 1. The number of carbonyl (C=O) groups excluding carboxylic acids is 1. The normalized spacial score (nSPS) is 14.9. The zero-order chi connectivity index (χ0) is 31.8. The van der Waals surface area contributed by atoms with Crippen molar-refractivity contribution in [2.24, 2.45) is 0 Å². The van der Waals surface area contributed by atoms with E-state index in [9.17, 15) is 23.6 Å². The van der Waals surface area contributed by atoms with Gasteiger partial charge in [0.2, 0.25) is 5.91 Å². The predicted molar refractivity (Wildman–Crippen MR) is 154 cm³/mol. The molecule has 1 saturated heterocycles. The van der Waals surface area contributed by atoms with Gasteiger partial charge in [-0.25, -0.2) is 14.2 Å². The van der Waals surface area contributed by atoms with Crippen molar-refractivity contribution in [1.29, 1.82) is 0 Å². The number of carbonyl (C=O) groups is 4. The highest BCUT2D eigenvalue weighted by Crippen LogP contribution is 2.35. The summed E-state index contributed by atoms with van der Waals surface area (Å²) in [6, 6.07) is 15.0. The molecule has 1 amide bonds. The zero-order valence-corrected chi connectivity index (χ0v) is 24.1. The number of aromatic nitrogens is 2. The first-order valence-electron chi connectivity index (χ1n) is 13.9. The van der Waals surface area contributed by atoms with E-state index in [1.54, 1.807) is 12.1 Å². The van der Waals surface area contributed by atoms with Crippen LogP contribution in [0.25, 0.3) is 11.0 Å². The van der Waals surface area contributed by atoms with E-state index in [0.29, 0.717) is 18.4 Å². The molecule has 1 aromatic heterocycles. The van der Waals surface area contributed by atoms with Crippen molar-refractivity contribution in [2.75, 3.05) is 13.1 Å². The van der Waals surface area contributed by atoms with Gasteiger partial charge in [-0.3, -0.25) is 19.3 Å². The number of fused-ring (bicyclic) bond motifs is 1. The SMILES string of the molecule is CCCn1c(CN2CCC(NC(C)=O)(c3ccccc3F)CC2)nc2ccccc21.O=C(O)CC(O)(CC(=O)O)C(=O)O. The molecule has 2 aromatic carbocycles. The molecule has 5 N–H and O–H groups in total. The second kappa shape index (κ2) is 14.2. The lowest BCUT2D eigenvalue weighted by atomic mass is 9.80. The second-order valence-corrected chi connectivity index (χ2v) is 10.7. The first kappa shape index (κ1) is 33.1. The van der Waals surface area contributed by atoms with E-state index in [2.05, 4.69) is 39.9 Å². The Hall–Kier alpha value is -4.36. The number of carboxylic acids is 3. The summed E-state index contributed by atoms with van der Waals surface area (Å²) in [6.45, 7) is 6.91. The maximum atomic E-state index is 14.6. The Morgan fingerprint density at radius 1 is 0.977 bits per heavy atom. The molecule has 4 rings (SSSR count). The number of carboxylic acid groups (broad SMARTS) is 3. The van der Waals surface area contributed by atoms with Gasteiger partial charge in [0.15, 0.2) is 5.60 Å². The lowest BCUT2D eigenvalue weighted by Crippen LogP contribution is -2.53. The molecule has 2 heterocycles. The maximum absolute atomic E-state index is 14.6. The molecule has 1 aliphatic heterocycles. The van der Waals surface area contributed by atoms with E-state index >= 15 is 0 Å². The number of aryl methyl sites for hydroxylation is 1. The van der Waals surface area contributed by atoms with Crippen LogP contribution < -0.4 is 5.32 Å². The van der Waals surface area contributed by atoms with Crippen molar-refractivity contribution in [3.05, 3.63) is 65.7 Å². The number of likely N-dealkylation sites (tertiary alicyclic amines) is 1. The number of para-hydroxylation sites is 2. The standard InChI is InChI=1S/C24H29FN4O.C6H8O7/c1-3-14-29-22-11-7-6-10-21(22)26-23(29)17-28-15-12-24(13-16-28,27-18(2)30)19-8-4-5-9-20(19)25;7-3(8)1-6(13,5(11)12)2-4(9)10/h4-11H,3,12-17H2,1-2H3,(H,27,30);13H,1-2H2,(H,7,8)(H,9,10)(H,11,12). The first-order chi connectivity index (χ1) is 20.3. The van der Waals surface area contributed by atoms with Gasteiger partial charge in [-0.15, -0.1) is 0 Å². The minimum Gasteiger partial charge on any atom is -0.481 e. The van der Waals surface area contributed by atoms with Crippen LogP contribution in [0.3, 0.4) is 0 Å². The number of hydrogen-bond acceptors (Lipinski definition) is 7. The van der Waals surface area contributed by atoms with Gasteiger partial charge in [-0.1, -0.05) is 37.3 Å². The van der Waals surface area contributed by atoms with Gasteiger partial charge in [-0.05, 0) is 37.5 Å². The van der Waals surface area contributed by atoms with E-state index < -0.39 is 41.9 Å². The highest BCUT2D eigenvalue weighted by Gasteiger charge is 2.41. The van der Waals surface area contributed by atoms with Crippen LogP contribution in [0.1, 0.15) is 57.3 Å². The third-order valence-electron chi connectivity index (χ3n) is 7.35. The fourth-order valence-corrected chi connectivity index (χ4v) is 5.37. The Bertz CT molecular complexity index is 1450. The van der Waals surface area contributed by atoms with Gasteiger partial charge < -0.3 is 30.3 Å². The van der Waals surface area contributed by atoms with Crippen molar-refractivity contribution >= 4 is 34.8 Å². The first-order valence-corrected chi connectivity index (χ1v) is 13.9. The van der Waals surface area contributed by atoms with Gasteiger partial charge in [-0.2, -0.15) is 0 Å². The average Bonchev–Trinajstić information content (AvgIpc) is 3.26. The lowest BCUT2D eigenvalue weighted by Gasteiger charge is -2.42. The lowest BCUT2D eigenvalue weighted by molar-refractivity contribution is -0.170. The molecule has 0 saturated carbocycles. The topological polar surface area (TPSA) is 182 Å². The summed E-state index contributed by atoms with van der Waals surface area (Å²) in [6.07, 6.45) is 0.0958. The summed E-state index contributed by atoms with van der Waals surface area (Å²) >= 11 is 0. The van der Waals surface area contributed by atoms with Crippen LogP contribution >= 0.6 is 0 Å². The number of aliphatic hydroxyl groups is 1. The van der Waals surface area contributed by atoms with Crippen LogP contribution in [0.2, 0.25) is 0 Å². The van der Waals surface area contributed by atoms with E-state index in [4.69, 9.17) is 25.4 Å². The monoisotopic (exact) mass is 600 g/mol. The molecule has 0 unspecified atom stereocenters. The van der Waals surface area contributed by atoms with Crippen molar-refractivity contribution in [3.8, 4) is 0 Å². The zero-order valence-electron chi connectivity index (χ0n) is 24.1. The van der Waals surface area contributed by atoms with Gasteiger partial charge in [0.1, 0.15) is 11.6 Å². The van der Waals surface area contributed by atoms with Crippen molar-refractivity contribution in [3.63, 3.8) is 0 Å². The number of aliphatic carboxylic acids is 3. The molecular formula is C30H37FN4O8. The fourth-order valence-electron chi connectivity index (χ4n) is 5.37. The molecule has 3 aromatic rings. The van der Waals surface area contributed by atoms with Crippen LogP contribution in [0.4, 0.5) is 4.39 Å². The minimum atomic E-state index is -2.74. The Morgan fingerprint density at radius 2 is 1.56 bits per heavy atom. The Balaban J connectivity index is 0.000000331. The highest BCUT2D eigenvalue weighted by atomic mass is 19.1. The summed E-state index contributed by atoms with van der Waals surface area (Å²) in [5.74, 6) is -4.34. The van der Waals surface area contributed by atoms with Crippen molar-refractivity contribution in [2.45, 2.75) is 70.2 Å². The number of amides is 1. The second-order valence-electron chi connectivity index (χ2n) is 10.7. The molecule has 0 aliphatic carbocycles. The van der Waals surface area contributed by atoms with E-state index in [0.717, 1.165) is 43.9 Å². The molecule has 0 bridgehead atoms. The van der Waals surface area contributed by atoms with E-state index in [1.807, 2.05) is 12.1 Å². The van der Waals surface area contributed by atoms with Gasteiger partial charge in [0.05, 0.1) is 36.0 Å². The molecule has 13 heteroatoms. The molecule has 0 radical (unpaired) electrons. The molecular weight excluding hydrogens is 563 g/mol. The summed E-state index contributed by atoms with van der Waals surface area (Å²) in [4.78, 5) is 49.6.